The Bertz CT molecular complexity index is 365. The van der Waals surface area contributed by atoms with Crippen LogP contribution in [0.15, 0.2) is 18.2 Å². The van der Waals surface area contributed by atoms with Crippen molar-refractivity contribution in [2.75, 3.05) is 6.61 Å². The van der Waals surface area contributed by atoms with Gasteiger partial charge in [-0.3, -0.25) is 0 Å². The summed E-state index contributed by atoms with van der Waals surface area (Å²) >= 11 is 0. The Labute approximate surface area is 95.1 Å². The van der Waals surface area contributed by atoms with Gasteiger partial charge >= 0.3 is 0 Å². The van der Waals surface area contributed by atoms with Crippen molar-refractivity contribution >= 4 is 0 Å². The molecule has 2 rings (SSSR count). The van der Waals surface area contributed by atoms with E-state index >= 15 is 0 Å². The van der Waals surface area contributed by atoms with Gasteiger partial charge in [-0.05, 0) is 37.0 Å². The number of hydrogen-bond donors (Lipinski definition) is 1. The smallest absolute Gasteiger partial charge is 0.123 e. The summed E-state index contributed by atoms with van der Waals surface area (Å²) < 4.78 is 18.7. The van der Waals surface area contributed by atoms with Gasteiger partial charge in [-0.2, -0.15) is 0 Å². The molecule has 0 saturated carbocycles. The number of aliphatic hydroxyl groups excluding tert-OH is 1. The number of fused-ring (bicyclic) bond motifs is 1. The van der Waals surface area contributed by atoms with Crippen LogP contribution in [0.2, 0.25) is 0 Å². The summed E-state index contributed by atoms with van der Waals surface area (Å²) in [6, 6.07) is 4.67. The highest BCUT2D eigenvalue weighted by atomic mass is 19.1. The minimum absolute atomic E-state index is 0.144. The first-order valence-corrected chi connectivity index (χ1v) is 5.75. The molecule has 0 bridgehead atoms. The third-order valence-corrected chi connectivity index (χ3v) is 3.06. The van der Waals surface area contributed by atoms with E-state index < -0.39 is 0 Å². The lowest BCUT2D eigenvalue weighted by molar-refractivity contribution is 0.183. The molecule has 0 fully saturated rings. The van der Waals surface area contributed by atoms with Gasteiger partial charge in [0.2, 0.25) is 0 Å². The van der Waals surface area contributed by atoms with Crippen LogP contribution < -0.4 is 4.74 Å². The van der Waals surface area contributed by atoms with Gasteiger partial charge in [-0.1, -0.05) is 6.92 Å². The maximum atomic E-state index is 13.0. The van der Waals surface area contributed by atoms with Crippen LogP contribution in [0.25, 0.3) is 0 Å². The minimum atomic E-state index is -0.202. The zero-order chi connectivity index (χ0) is 11.5. The third-order valence-electron chi connectivity index (χ3n) is 3.06. The van der Waals surface area contributed by atoms with Gasteiger partial charge in [0.25, 0.3) is 0 Å². The number of aliphatic hydroxyl groups is 1. The quantitative estimate of drug-likeness (QED) is 0.851. The van der Waals surface area contributed by atoms with Crippen LogP contribution in [0.1, 0.15) is 25.3 Å². The molecule has 0 aliphatic carbocycles. The zero-order valence-electron chi connectivity index (χ0n) is 9.45. The molecule has 0 aromatic heterocycles. The summed E-state index contributed by atoms with van der Waals surface area (Å²) in [5.41, 5.74) is 0.960. The Morgan fingerprint density at radius 3 is 3.12 bits per heavy atom. The average molecular weight is 224 g/mol. The summed E-state index contributed by atoms with van der Waals surface area (Å²) in [5, 5.41) is 8.93. The van der Waals surface area contributed by atoms with Crippen molar-refractivity contribution in [2.24, 2.45) is 5.92 Å². The molecule has 1 aromatic rings. The van der Waals surface area contributed by atoms with Crippen molar-refractivity contribution in [3.8, 4) is 5.75 Å². The van der Waals surface area contributed by atoms with Gasteiger partial charge in [0.15, 0.2) is 0 Å². The molecule has 88 valence electrons. The lowest BCUT2D eigenvalue weighted by Gasteiger charge is -2.12. The fourth-order valence-corrected chi connectivity index (χ4v) is 2.01. The van der Waals surface area contributed by atoms with Crippen LogP contribution in [0, 0.1) is 11.7 Å². The number of benzene rings is 1. The summed E-state index contributed by atoms with van der Waals surface area (Å²) in [5.74, 6) is 0.916. The first-order chi connectivity index (χ1) is 7.69. The second kappa shape index (κ2) is 4.83. The van der Waals surface area contributed by atoms with Crippen molar-refractivity contribution in [3.05, 3.63) is 29.6 Å². The van der Waals surface area contributed by atoms with E-state index in [1.807, 2.05) is 6.92 Å². The standard InChI is InChI=1S/C13H17FO2/c1-9(8-15)2-4-12-7-10-6-11(14)3-5-13(10)16-12/h3,5-6,9,12,15H,2,4,7-8H2,1H3. The molecule has 1 aliphatic heterocycles. The van der Waals surface area contributed by atoms with Crippen molar-refractivity contribution in [1.82, 2.24) is 0 Å². The van der Waals surface area contributed by atoms with Crippen LogP contribution in [-0.4, -0.2) is 17.8 Å². The van der Waals surface area contributed by atoms with Gasteiger partial charge in [-0.25, -0.2) is 4.39 Å². The van der Waals surface area contributed by atoms with Gasteiger partial charge < -0.3 is 9.84 Å². The zero-order valence-corrected chi connectivity index (χ0v) is 9.45. The van der Waals surface area contributed by atoms with Crippen LogP contribution in [0.5, 0.6) is 5.75 Å². The molecule has 0 saturated heterocycles. The minimum Gasteiger partial charge on any atom is -0.490 e. The van der Waals surface area contributed by atoms with Crippen LogP contribution in [0.4, 0.5) is 4.39 Å². The lowest BCUT2D eigenvalue weighted by atomic mass is 10.0. The number of halogens is 1. The Hall–Kier alpha value is -1.09. The molecule has 3 heteroatoms. The molecule has 16 heavy (non-hydrogen) atoms. The Balaban J connectivity index is 1.90. The molecule has 1 aliphatic rings. The molecule has 1 N–H and O–H groups in total. The molecular weight excluding hydrogens is 207 g/mol. The van der Waals surface area contributed by atoms with E-state index in [4.69, 9.17) is 9.84 Å². The van der Waals surface area contributed by atoms with Gasteiger partial charge in [-0.15, -0.1) is 0 Å². The Kier molecular flexibility index (Phi) is 3.44. The topological polar surface area (TPSA) is 29.5 Å². The lowest BCUT2D eigenvalue weighted by Crippen LogP contribution is -2.15. The van der Waals surface area contributed by atoms with E-state index in [0.29, 0.717) is 5.92 Å². The maximum Gasteiger partial charge on any atom is 0.123 e. The summed E-state index contributed by atoms with van der Waals surface area (Å²) in [4.78, 5) is 0. The van der Waals surface area contributed by atoms with Crippen molar-refractivity contribution in [2.45, 2.75) is 32.3 Å². The third kappa shape index (κ3) is 2.53. The summed E-state index contributed by atoms with van der Waals surface area (Å²) in [6.07, 6.45) is 2.78. The highest BCUT2D eigenvalue weighted by molar-refractivity contribution is 5.37. The van der Waals surface area contributed by atoms with Crippen LogP contribution >= 0.6 is 0 Å². The molecule has 0 spiro atoms. The van der Waals surface area contributed by atoms with Crippen molar-refractivity contribution < 1.29 is 14.2 Å². The molecular formula is C13H17FO2. The Morgan fingerprint density at radius 1 is 1.56 bits per heavy atom. The van der Waals surface area contributed by atoms with Gasteiger partial charge in [0.1, 0.15) is 17.7 Å². The van der Waals surface area contributed by atoms with E-state index in [0.717, 1.165) is 30.6 Å². The van der Waals surface area contributed by atoms with E-state index in [1.165, 1.54) is 6.07 Å². The first kappa shape index (κ1) is 11.4. The SMILES string of the molecule is CC(CO)CCC1Cc2cc(F)ccc2O1. The predicted octanol–water partition coefficient (Wildman–Crippen LogP) is 2.54. The number of ether oxygens (including phenoxy) is 1. The van der Waals surface area contributed by atoms with Gasteiger partial charge in [0.05, 0.1) is 0 Å². The largest absolute Gasteiger partial charge is 0.490 e. The van der Waals surface area contributed by atoms with Crippen molar-refractivity contribution in [3.63, 3.8) is 0 Å². The van der Waals surface area contributed by atoms with E-state index in [9.17, 15) is 4.39 Å². The molecule has 1 aromatic carbocycles. The highest BCUT2D eigenvalue weighted by Gasteiger charge is 2.23. The van der Waals surface area contributed by atoms with E-state index in [-0.39, 0.29) is 18.5 Å². The molecule has 0 amide bonds. The molecule has 2 nitrogen and oxygen atoms in total. The Morgan fingerprint density at radius 2 is 2.38 bits per heavy atom. The van der Waals surface area contributed by atoms with Crippen LogP contribution in [-0.2, 0) is 6.42 Å². The second-order valence-electron chi connectivity index (χ2n) is 4.56. The number of hydrogen-bond acceptors (Lipinski definition) is 2. The summed E-state index contributed by atoms with van der Waals surface area (Å²) in [7, 11) is 0. The summed E-state index contributed by atoms with van der Waals surface area (Å²) in [6.45, 7) is 2.23. The molecule has 2 atom stereocenters. The first-order valence-electron chi connectivity index (χ1n) is 5.75. The number of rotatable bonds is 4. The van der Waals surface area contributed by atoms with E-state index in [2.05, 4.69) is 0 Å². The second-order valence-corrected chi connectivity index (χ2v) is 4.56. The van der Waals surface area contributed by atoms with Crippen molar-refractivity contribution in [1.29, 1.82) is 0 Å². The highest BCUT2D eigenvalue weighted by Crippen LogP contribution is 2.31. The predicted molar refractivity (Wildman–Crippen MR) is 60.0 cm³/mol. The molecule has 1 heterocycles. The van der Waals surface area contributed by atoms with E-state index in [1.54, 1.807) is 12.1 Å². The maximum absolute atomic E-state index is 13.0. The van der Waals surface area contributed by atoms with Crippen LogP contribution in [0.3, 0.4) is 0 Å². The molecule has 0 radical (unpaired) electrons. The fraction of sp³-hybridized carbons (Fsp3) is 0.538. The fourth-order valence-electron chi connectivity index (χ4n) is 2.01. The van der Waals surface area contributed by atoms with Gasteiger partial charge in [0, 0.05) is 18.6 Å². The normalized spacial score (nSPS) is 20.3. The molecule has 2 unspecified atom stereocenters. The average Bonchev–Trinajstić information content (AvgIpc) is 2.67. The monoisotopic (exact) mass is 224 g/mol.